The second kappa shape index (κ2) is 7.88. The average molecular weight is 343 g/mol. The largest absolute Gasteiger partial charge is 0.401 e. The Morgan fingerprint density at radius 1 is 1.21 bits per heavy atom. The molecule has 0 aliphatic carbocycles. The predicted molar refractivity (Wildman–Crippen MR) is 88.1 cm³/mol. The van der Waals surface area contributed by atoms with E-state index in [1.165, 1.54) is 4.90 Å². The molecule has 0 atom stereocenters. The first-order chi connectivity index (χ1) is 11.2. The number of nitrogens with one attached hydrogen (secondary N) is 2. The Balaban J connectivity index is 1.74. The summed E-state index contributed by atoms with van der Waals surface area (Å²) in [6, 6.07) is 5.86. The van der Waals surface area contributed by atoms with Gasteiger partial charge in [0.15, 0.2) is 0 Å². The molecule has 0 unspecified atom stereocenters. The number of hydrogen-bond acceptors (Lipinski definition) is 3. The van der Waals surface area contributed by atoms with Crippen LogP contribution in [0.3, 0.4) is 0 Å². The molecule has 1 aromatic rings. The second-order valence-corrected chi connectivity index (χ2v) is 6.35. The number of carbonyl (C=O) groups excluding carboxylic acids is 1. The summed E-state index contributed by atoms with van der Waals surface area (Å²) in [5.74, 6) is -0.132. The van der Waals surface area contributed by atoms with Crippen LogP contribution in [0.4, 0.5) is 18.9 Å². The van der Waals surface area contributed by atoms with Gasteiger partial charge in [-0.05, 0) is 37.8 Å². The van der Waals surface area contributed by atoms with Crippen LogP contribution in [0.15, 0.2) is 18.2 Å². The number of likely N-dealkylation sites (tertiary alicyclic amines) is 1. The normalized spacial score (nSPS) is 16.9. The molecule has 1 saturated heterocycles. The van der Waals surface area contributed by atoms with E-state index in [1.807, 2.05) is 32.0 Å². The van der Waals surface area contributed by atoms with E-state index in [4.69, 9.17) is 0 Å². The smallest absolute Gasteiger partial charge is 0.376 e. The molecule has 1 amide bonds. The third-order valence-electron chi connectivity index (χ3n) is 4.26. The monoisotopic (exact) mass is 343 g/mol. The van der Waals surface area contributed by atoms with E-state index in [-0.39, 0.29) is 18.5 Å². The molecule has 1 heterocycles. The Bertz CT molecular complexity index is 546. The number of benzene rings is 1. The number of aryl methyl sites for hydroxylation is 2. The summed E-state index contributed by atoms with van der Waals surface area (Å²) in [5.41, 5.74) is 3.10. The Kier molecular flexibility index (Phi) is 6.10. The van der Waals surface area contributed by atoms with Crippen LogP contribution in [-0.4, -0.2) is 49.2 Å². The number of rotatable bonds is 5. The van der Waals surface area contributed by atoms with Gasteiger partial charge in [-0.3, -0.25) is 9.69 Å². The van der Waals surface area contributed by atoms with Crippen LogP contribution in [0, 0.1) is 13.8 Å². The van der Waals surface area contributed by atoms with Gasteiger partial charge in [0.05, 0.1) is 13.1 Å². The molecule has 24 heavy (non-hydrogen) atoms. The van der Waals surface area contributed by atoms with Crippen molar-refractivity contribution in [3.05, 3.63) is 29.3 Å². The number of piperidine rings is 1. The fourth-order valence-corrected chi connectivity index (χ4v) is 3.03. The molecular weight excluding hydrogens is 319 g/mol. The van der Waals surface area contributed by atoms with Gasteiger partial charge in [0.2, 0.25) is 5.91 Å². The SMILES string of the molecule is Cc1cccc(C)c1NCC(=O)NC1CCN(CC(F)(F)F)CC1. The van der Waals surface area contributed by atoms with Crippen molar-refractivity contribution in [1.82, 2.24) is 10.2 Å². The zero-order valence-electron chi connectivity index (χ0n) is 14.0. The third-order valence-corrected chi connectivity index (χ3v) is 4.26. The van der Waals surface area contributed by atoms with Crippen LogP contribution in [-0.2, 0) is 4.79 Å². The molecule has 0 bridgehead atoms. The summed E-state index contributed by atoms with van der Waals surface area (Å²) in [5, 5.41) is 6.04. The van der Waals surface area contributed by atoms with Gasteiger partial charge < -0.3 is 10.6 Å². The van der Waals surface area contributed by atoms with Gasteiger partial charge in [0, 0.05) is 24.8 Å². The standard InChI is InChI=1S/C17H24F3N3O/c1-12-4-3-5-13(2)16(12)21-10-15(24)22-14-6-8-23(9-7-14)11-17(18,19)20/h3-5,14,21H,6-11H2,1-2H3,(H,22,24). The van der Waals surface area contributed by atoms with Crippen molar-refractivity contribution in [2.24, 2.45) is 0 Å². The van der Waals surface area contributed by atoms with E-state index in [1.54, 1.807) is 0 Å². The van der Waals surface area contributed by atoms with E-state index in [9.17, 15) is 18.0 Å². The van der Waals surface area contributed by atoms with Crippen molar-refractivity contribution in [2.75, 3.05) is 31.5 Å². The number of halogens is 3. The minimum Gasteiger partial charge on any atom is -0.376 e. The van der Waals surface area contributed by atoms with Crippen LogP contribution >= 0.6 is 0 Å². The van der Waals surface area contributed by atoms with Gasteiger partial charge in [-0.25, -0.2) is 0 Å². The van der Waals surface area contributed by atoms with E-state index in [0.29, 0.717) is 25.9 Å². The maximum absolute atomic E-state index is 12.4. The number of para-hydroxylation sites is 1. The molecule has 7 heteroatoms. The summed E-state index contributed by atoms with van der Waals surface area (Å²) in [6.45, 7) is 3.95. The van der Waals surface area contributed by atoms with Gasteiger partial charge in [0.1, 0.15) is 0 Å². The average Bonchev–Trinajstić information content (AvgIpc) is 2.47. The zero-order valence-corrected chi connectivity index (χ0v) is 14.0. The van der Waals surface area contributed by atoms with Gasteiger partial charge >= 0.3 is 6.18 Å². The second-order valence-electron chi connectivity index (χ2n) is 6.35. The molecule has 2 N–H and O–H groups in total. The molecule has 0 radical (unpaired) electrons. The lowest BCUT2D eigenvalue weighted by atomic mass is 10.0. The first-order valence-electron chi connectivity index (χ1n) is 8.13. The molecule has 134 valence electrons. The lowest BCUT2D eigenvalue weighted by Gasteiger charge is -2.32. The van der Waals surface area contributed by atoms with Crippen molar-refractivity contribution < 1.29 is 18.0 Å². The molecule has 1 aliphatic heterocycles. The maximum atomic E-state index is 12.4. The van der Waals surface area contributed by atoms with Crippen molar-refractivity contribution in [1.29, 1.82) is 0 Å². The van der Waals surface area contributed by atoms with Crippen LogP contribution in [0.2, 0.25) is 0 Å². The minimum atomic E-state index is -4.16. The maximum Gasteiger partial charge on any atom is 0.401 e. The first kappa shape index (κ1) is 18.6. The summed E-state index contributed by atoms with van der Waals surface area (Å²) in [6.07, 6.45) is -3.07. The zero-order chi connectivity index (χ0) is 17.7. The van der Waals surface area contributed by atoms with Gasteiger partial charge in [-0.15, -0.1) is 0 Å². The summed E-state index contributed by atoms with van der Waals surface area (Å²) in [4.78, 5) is 13.4. The van der Waals surface area contributed by atoms with Gasteiger partial charge in [0.25, 0.3) is 0 Å². The van der Waals surface area contributed by atoms with E-state index >= 15 is 0 Å². The van der Waals surface area contributed by atoms with Crippen LogP contribution in [0.5, 0.6) is 0 Å². The number of alkyl halides is 3. The molecule has 1 fully saturated rings. The molecule has 0 spiro atoms. The molecule has 1 aromatic carbocycles. The number of hydrogen-bond donors (Lipinski definition) is 2. The molecular formula is C17H24F3N3O. The summed E-state index contributed by atoms with van der Waals surface area (Å²) in [7, 11) is 0. The minimum absolute atomic E-state index is 0.0539. The highest BCUT2D eigenvalue weighted by molar-refractivity contribution is 5.81. The Morgan fingerprint density at radius 3 is 2.33 bits per heavy atom. The highest BCUT2D eigenvalue weighted by Crippen LogP contribution is 2.20. The van der Waals surface area contributed by atoms with Crippen LogP contribution < -0.4 is 10.6 Å². The highest BCUT2D eigenvalue weighted by atomic mass is 19.4. The van der Waals surface area contributed by atoms with Gasteiger partial charge in [-0.1, -0.05) is 18.2 Å². The lowest BCUT2D eigenvalue weighted by molar-refractivity contribution is -0.148. The number of amides is 1. The molecule has 0 saturated carbocycles. The topological polar surface area (TPSA) is 44.4 Å². The summed E-state index contributed by atoms with van der Waals surface area (Å²) >= 11 is 0. The third kappa shape index (κ3) is 5.70. The Morgan fingerprint density at radius 2 is 1.79 bits per heavy atom. The van der Waals surface area contributed by atoms with E-state index in [0.717, 1.165) is 16.8 Å². The quantitative estimate of drug-likeness (QED) is 0.864. The predicted octanol–water partition coefficient (Wildman–Crippen LogP) is 2.86. The molecule has 1 aliphatic rings. The van der Waals surface area contributed by atoms with E-state index < -0.39 is 12.7 Å². The number of anilines is 1. The van der Waals surface area contributed by atoms with Crippen LogP contribution in [0.25, 0.3) is 0 Å². The molecule has 0 aromatic heterocycles. The van der Waals surface area contributed by atoms with Crippen molar-refractivity contribution >= 4 is 11.6 Å². The van der Waals surface area contributed by atoms with Crippen molar-refractivity contribution in [3.63, 3.8) is 0 Å². The molecule has 4 nitrogen and oxygen atoms in total. The molecule has 2 rings (SSSR count). The Labute approximate surface area is 140 Å². The van der Waals surface area contributed by atoms with Crippen LogP contribution in [0.1, 0.15) is 24.0 Å². The number of nitrogens with zero attached hydrogens (tertiary/aromatic N) is 1. The lowest BCUT2D eigenvalue weighted by Crippen LogP contribution is -2.48. The number of carbonyl (C=O) groups is 1. The first-order valence-corrected chi connectivity index (χ1v) is 8.13. The van der Waals surface area contributed by atoms with Crippen molar-refractivity contribution in [2.45, 2.75) is 38.9 Å². The van der Waals surface area contributed by atoms with Crippen molar-refractivity contribution in [3.8, 4) is 0 Å². The highest BCUT2D eigenvalue weighted by Gasteiger charge is 2.32. The van der Waals surface area contributed by atoms with E-state index in [2.05, 4.69) is 10.6 Å². The van der Waals surface area contributed by atoms with Gasteiger partial charge in [-0.2, -0.15) is 13.2 Å². The summed E-state index contributed by atoms with van der Waals surface area (Å²) < 4.78 is 37.1. The fraction of sp³-hybridized carbons (Fsp3) is 0.588. The fourth-order valence-electron chi connectivity index (χ4n) is 3.03. The Hall–Kier alpha value is -1.76.